The van der Waals surface area contributed by atoms with Crippen LogP contribution in [0.15, 0.2) is 12.1 Å². The highest BCUT2D eigenvalue weighted by Gasteiger charge is 2.06. The Bertz CT molecular complexity index is 341. The Labute approximate surface area is 85.3 Å². The summed E-state index contributed by atoms with van der Waals surface area (Å²) in [6, 6.07) is 5.93. The van der Waals surface area contributed by atoms with E-state index < -0.39 is 0 Å². The van der Waals surface area contributed by atoms with Gasteiger partial charge in [0.05, 0.1) is 12.7 Å². The van der Waals surface area contributed by atoms with Crippen molar-refractivity contribution < 1.29 is 4.74 Å². The SMILES string of the molecule is COc1cc(I)cc(C)c1C#N. The molecule has 1 aromatic rings. The Kier molecular flexibility index (Phi) is 2.93. The van der Waals surface area contributed by atoms with Crippen LogP contribution in [0.3, 0.4) is 0 Å². The number of methoxy groups -OCH3 is 1. The van der Waals surface area contributed by atoms with Gasteiger partial charge in [-0.15, -0.1) is 0 Å². The maximum Gasteiger partial charge on any atom is 0.137 e. The van der Waals surface area contributed by atoms with Gasteiger partial charge in [0.1, 0.15) is 11.8 Å². The zero-order valence-electron chi connectivity index (χ0n) is 6.89. The first-order chi connectivity index (χ1) is 5.69. The van der Waals surface area contributed by atoms with Crippen molar-refractivity contribution >= 4 is 22.6 Å². The van der Waals surface area contributed by atoms with Crippen LogP contribution in [0.25, 0.3) is 0 Å². The topological polar surface area (TPSA) is 33.0 Å². The lowest BCUT2D eigenvalue weighted by atomic mass is 10.1. The smallest absolute Gasteiger partial charge is 0.137 e. The van der Waals surface area contributed by atoms with Crippen molar-refractivity contribution in [3.63, 3.8) is 0 Å². The molecule has 12 heavy (non-hydrogen) atoms. The van der Waals surface area contributed by atoms with Crippen LogP contribution in [0, 0.1) is 21.8 Å². The van der Waals surface area contributed by atoms with Gasteiger partial charge in [0.25, 0.3) is 0 Å². The molecule has 0 heterocycles. The molecule has 0 radical (unpaired) electrons. The molecule has 1 aromatic carbocycles. The molecule has 0 N–H and O–H groups in total. The van der Waals surface area contributed by atoms with Gasteiger partial charge in [-0.05, 0) is 47.2 Å². The summed E-state index contributed by atoms with van der Waals surface area (Å²) in [4.78, 5) is 0. The van der Waals surface area contributed by atoms with Crippen LogP contribution in [0.2, 0.25) is 0 Å². The summed E-state index contributed by atoms with van der Waals surface area (Å²) in [5.41, 5.74) is 1.58. The average Bonchev–Trinajstić information content (AvgIpc) is 2.03. The number of ether oxygens (including phenoxy) is 1. The molecule has 0 atom stereocenters. The minimum absolute atomic E-state index is 0.623. The Hall–Kier alpha value is -0.760. The largest absolute Gasteiger partial charge is 0.495 e. The van der Waals surface area contributed by atoms with Gasteiger partial charge in [-0.3, -0.25) is 0 Å². The van der Waals surface area contributed by atoms with Crippen molar-refractivity contribution in [2.24, 2.45) is 0 Å². The number of halogens is 1. The first kappa shape index (κ1) is 9.33. The number of hydrogen-bond acceptors (Lipinski definition) is 2. The third kappa shape index (κ3) is 1.69. The van der Waals surface area contributed by atoms with Gasteiger partial charge < -0.3 is 4.74 Å². The van der Waals surface area contributed by atoms with Crippen molar-refractivity contribution in [2.45, 2.75) is 6.92 Å². The molecule has 0 aliphatic carbocycles. The Morgan fingerprint density at radius 2 is 2.17 bits per heavy atom. The zero-order chi connectivity index (χ0) is 9.14. The van der Waals surface area contributed by atoms with E-state index in [2.05, 4.69) is 28.7 Å². The molecule has 0 fully saturated rings. The highest BCUT2D eigenvalue weighted by Crippen LogP contribution is 2.23. The minimum atomic E-state index is 0.623. The fourth-order valence-electron chi connectivity index (χ4n) is 1.02. The second-order valence-corrected chi connectivity index (χ2v) is 3.66. The molecular formula is C9H8INO. The van der Waals surface area contributed by atoms with Gasteiger partial charge in [0.2, 0.25) is 0 Å². The lowest BCUT2D eigenvalue weighted by Gasteiger charge is -2.05. The molecule has 0 saturated heterocycles. The molecule has 3 heteroatoms. The summed E-state index contributed by atoms with van der Waals surface area (Å²) in [6.07, 6.45) is 0. The molecule has 0 spiro atoms. The zero-order valence-corrected chi connectivity index (χ0v) is 9.05. The summed E-state index contributed by atoms with van der Waals surface area (Å²) < 4.78 is 6.15. The summed E-state index contributed by atoms with van der Waals surface area (Å²) in [7, 11) is 1.58. The molecule has 0 bridgehead atoms. The quantitative estimate of drug-likeness (QED) is 0.736. The van der Waals surface area contributed by atoms with Crippen LogP contribution in [0.4, 0.5) is 0 Å². The summed E-state index contributed by atoms with van der Waals surface area (Å²) >= 11 is 2.20. The second kappa shape index (κ2) is 3.76. The normalized spacial score (nSPS) is 9.17. The average molecular weight is 273 g/mol. The third-order valence-electron chi connectivity index (χ3n) is 1.60. The molecule has 0 aliphatic rings. The van der Waals surface area contributed by atoms with E-state index in [-0.39, 0.29) is 0 Å². The summed E-state index contributed by atoms with van der Waals surface area (Å²) in [5, 5.41) is 8.79. The van der Waals surface area contributed by atoms with Crippen LogP contribution >= 0.6 is 22.6 Å². The lowest BCUT2D eigenvalue weighted by molar-refractivity contribution is 0.413. The molecule has 1 rings (SSSR count). The van der Waals surface area contributed by atoms with Crippen molar-refractivity contribution in [1.29, 1.82) is 5.26 Å². The fraction of sp³-hybridized carbons (Fsp3) is 0.222. The monoisotopic (exact) mass is 273 g/mol. The van der Waals surface area contributed by atoms with E-state index in [1.165, 1.54) is 0 Å². The molecule has 0 aromatic heterocycles. The first-order valence-corrected chi connectivity index (χ1v) is 4.51. The maximum absolute atomic E-state index is 8.79. The van der Waals surface area contributed by atoms with Gasteiger partial charge in [-0.2, -0.15) is 5.26 Å². The predicted molar refractivity (Wildman–Crippen MR) is 55.2 cm³/mol. The first-order valence-electron chi connectivity index (χ1n) is 3.43. The predicted octanol–water partition coefficient (Wildman–Crippen LogP) is 2.48. The molecule has 0 unspecified atom stereocenters. The minimum Gasteiger partial charge on any atom is -0.495 e. The van der Waals surface area contributed by atoms with E-state index in [4.69, 9.17) is 10.00 Å². The second-order valence-electron chi connectivity index (χ2n) is 2.41. The van der Waals surface area contributed by atoms with E-state index >= 15 is 0 Å². The molecule has 0 amide bonds. The molecule has 0 aliphatic heterocycles. The Balaban J connectivity index is 3.36. The van der Waals surface area contributed by atoms with E-state index in [1.54, 1.807) is 7.11 Å². The van der Waals surface area contributed by atoms with E-state index in [0.717, 1.165) is 9.13 Å². The number of nitriles is 1. The van der Waals surface area contributed by atoms with Crippen molar-refractivity contribution in [1.82, 2.24) is 0 Å². The van der Waals surface area contributed by atoms with Crippen molar-refractivity contribution in [2.75, 3.05) is 7.11 Å². The summed E-state index contributed by atoms with van der Waals surface area (Å²) in [5.74, 6) is 0.655. The molecule has 2 nitrogen and oxygen atoms in total. The van der Waals surface area contributed by atoms with E-state index in [9.17, 15) is 0 Å². The van der Waals surface area contributed by atoms with Crippen LogP contribution in [-0.4, -0.2) is 7.11 Å². The van der Waals surface area contributed by atoms with Gasteiger partial charge in [0, 0.05) is 3.57 Å². The third-order valence-corrected chi connectivity index (χ3v) is 2.22. The van der Waals surface area contributed by atoms with Gasteiger partial charge in [-0.1, -0.05) is 0 Å². The van der Waals surface area contributed by atoms with Crippen molar-refractivity contribution in [3.8, 4) is 11.8 Å². The number of rotatable bonds is 1. The number of aryl methyl sites for hydroxylation is 1. The maximum atomic E-state index is 8.79. The van der Waals surface area contributed by atoms with E-state index in [0.29, 0.717) is 11.3 Å². The van der Waals surface area contributed by atoms with Crippen LogP contribution in [0.1, 0.15) is 11.1 Å². The molecule has 62 valence electrons. The Morgan fingerprint density at radius 1 is 1.50 bits per heavy atom. The van der Waals surface area contributed by atoms with Crippen LogP contribution < -0.4 is 4.74 Å². The fourth-order valence-corrected chi connectivity index (χ4v) is 1.77. The Morgan fingerprint density at radius 3 is 2.67 bits per heavy atom. The van der Waals surface area contributed by atoms with Gasteiger partial charge in [-0.25, -0.2) is 0 Å². The number of nitrogens with zero attached hydrogens (tertiary/aromatic N) is 1. The number of hydrogen-bond donors (Lipinski definition) is 0. The summed E-state index contributed by atoms with van der Waals surface area (Å²) in [6.45, 7) is 1.91. The van der Waals surface area contributed by atoms with Gasteiger partial charge >= 0.3 is 0 Å². The van der Waals surface area contributed by atoms with Crippen molar-refractivity contribution in [3.05, 3.63) is 26.8 Å². The molecular weight excluding hydrogens is 265 g/mol. The van der Waals surface area contributed by atoms with E-state index in [1.807, 2.05) is 19.1 Å². The number of benzene rings is 1. The molecule has 0 saturated carbocycles. The van der Waals surface area contributed by atoms with Crippen LogP contribution in [0.5, 0.6) is 5.75 Å². The standard InChI is InChI=1S/C9H8INO/c1-6-3-7(10)4-9(12-2)8(6)5-11/h3-4H,1-2H3. The lowest BCUT2D eigenvalue weighted by Crippen LogP contribution is -1.91. The highest BCUT2D eigenvalue weighted by molar-refractivity contribution is 14.1. The highest BCUT2D eigenvalue weighted by atomic mass is 127. The van der Waals surface area contributed by atoms with Gasteiger partial charge in [0.15, 0.2) is 0 Å². The van der Waals surface area contributed by atoms with Crippen LogP contribution in [-0.2, 0) is 0 Å².